The van der Waals surface area contributed by atoms with Crippen LogP contribution in [0, 0.1) is 6.92 Å². The van der Waals surface area contributed by atoms with E-state index >= 15 is 0 Å². The summed E-state index contributed by atoms with van der Waals surface area (Å²) in [5, 5.41) is 3.35. The maximum Gasteiger partial charge on any atom is 0.130 e. The first-order valence-electron chi connectivity index (χ1n) is 6.80. The van der Waals surface area contributed by atoms with E-state index in [9.17, 15) is 0 Å². The normalized spacial score (nSPS) is 10.7. The summed E-state index contributed by atoms with van der Waals surface area (Å²) in [6.07, 6.45) is 5.83. The fraction of sp³-hybridized carbons (Fsp3) is 0.500. The van der Waals surface area contributed by atoms with Crippen LogP contribution in [0.2, 0.25) is 0 Å². The van der Waals surface area contributed by atoms with E-state index in [2.05, 4.69) is 38.7 Å². The number of aromatic nitrogens is 4. The number of nitrogens with one attached hydrogen (secondary N) is 1. The Morgan fingerprint density at radius 3 is 2.84 bits per heavy atom. The summed E-state index contributed by atoms with van der Waals surface area (Å²) in [6, 6.07) is 2.03. The topological polar surface area (TPSA) is 55.6 Å². The van der Waals surface area contributed by atoms with Crippen LogP contribution in [-0.2, 0) is 19.5 Å². The van der Waals surface area contributed by atoms with Crippen molar-refractivity contribution in [3.05, 3.63) is 35.8 Å². The second kappa shape index (κ2) is 6.31. The molecule has 2 aromatic rings. The van der Waals surface area contributed by atoms with Crippen molar-refractivity contribution in [3.63, 3.8) is 0 Å². The molecule has 0 atom stereocenters. The van der Waals surface area contributed by atoms with Crippen LogP contribution in [0.3, 0.4) is 0 Å². The van der Waals surface area contributed by atoms with Gasteiger partial charge < -0.3 is 9.88 Å². The van der Waals surface area contributed by atoms with E-state index in [1.54, 1.807) is 0 Å². The van der Waals surface area contributed by atoms with Gasteiger partial charge >= 0.3 is 0 Å². The first kappa shape index (κ1) is 13.5. The average molecular weight is 259 g/mol. The van der Waals surface area contributed by atoms with Crippen molar-refractivity contribution in [2.45, 2.75) is 46.7 Å². The zero-order chi connectivity index (χ0) is 13.7. The molecule has 0 aliphatic heterocycles. The molecule has 2 rings (SSSR count). The molecule has 19 heavy (non-hydrogen) atoms. The molecule has 0 bridgehead atoms. The van der Waals surface area contributed by atoms with Crippen LogP contribution in [0.1, 0.15) is 37.5 Å². The zero-order valence-electron chi connectivity index (χ0n) is 11.8. The van der Waals surface area contributed by atoms with Gasteiger partial charge in [0, 0.05) is 24.5 Å². The van der Waals surface area contributed by atoms with Crippen LogP contribution in [0.25, 0.3) is 0 Å². The van der Waals surface area contributed by atoms with Crippen LogP contribution in [0.5, 0.6) is 0 Å². The van der Waals surface area contributed by atoms with Gasteiger partial charge in [0.25, 0.3) is 0 Å². The lowest BCUT2D eigenvalue weighted by Gasteiger charge is -2.09. The Hall–Kier alpha value is -1.91. The molecule has 0 fully saturated rings. The van der Waals surface area contributed by atoms with E-state index in [0.717, 1.165) is 49.0 Å². The van der Waals surface area contributed by atoms with Crippen molar-refractivity contribution < 1.29 is 0 Å². The van der Waals surface area contributed by atoms with E-state index in [1.807, 2.05) is 25.5 Å². The van der Waals surface area contributed by atoms with Gasteiger partial charge in [0.2, 0.25) is 0 Å². The summed E-state index contributed by atoms with van der Waals surface area (Å²) in [5.41, 5.74) is 2.26. The molecule has 2 heterocycles. The maximum atomic E-state index is 4.43. The van der Waals surface area contributed by atoms with Crippen LogP contribution in [0.4, 0.5) is 5.82 Å². The molecule has 102 valence electrons. The van der Waals surface area contributed by atoms with Crippen molar-refractivity contribution in [2.24, 2.45) is 0 Å². The Balaban J connectivity index is 2.06. The van der Waals surface area contributed by atoms with Gasteiger partial charge in [-0.05, 0) is 20.3 Å². The number of hydrogen-bond donors (Lipinski definition) is 1. The molecule has 0 aliphatic carbocycles. The van der Waals surface area contributed by atoms with E-state index < -0.39 is 0 Å². The summed E-state index contributed by atoms with van der Waals surface area (Å²) >= 11 is 0. The van der Waals surface area contributed by atoms with Crippen LogP contribution >= 0.6 is 0 Å². The number of rotatable bonds is 6. The molecule has 0 saturated carbocycles. The second-order valence-electron chi connectivity index (χ2n) is 4.57. The number of imidazole rings is 1. The molecule has 0 saturated heterocycles. The molecule has 0 radical (unpaired) electrons. The Morgan fingerprint density at radius 1 is 1.26 bits per heavy atom. The molecule has 0 aromatic carbocycles. The molecule has 5 nitrogen and oxygen atoms in total. The van der Waals surface area contributed by atoms with Crippen molar-refractivity contribution in [3.8, 4) is 0 Å². The zero-order valence-corrected chi connectivity index (χ0v) is 11.8. The van der Waals surface area contributed by atoms with Crippen LogP contribution < -0.4 is 5.32 Å². The minimum absolute atomic E-state index is 0.732. The Labute approximate surface area is 114 Å². The third-order valence-electron chi connectivity index (χ3n) is 2.99. The van der Waals surface area contributed by atoms with Gasteiger partial charge in [0.05, 0.1) is 18.6 Å². The van der Waals surface area contributed by atoms with E-state index in [4.69, 9.17) is 0 Å². The Kier molecular flexibility index (Phi) is 4.49. The summed E-state index contributed by atoms with van der Waals surface area (Å²) in [7, 11) is 0. The van der Waals surface area contributed by atoms with Gasteiger partial charge in [-0.2, -0.15) is 0 Å². The fourth-order valence-corrected chi connectivity index (χ4v) is 2.07. The molecule has 0 amide bonds. The number of hydrogen-bond acceptors (Lipinski definition) is 4. The van der Waals surface area contributed by atoms with E-state index in [1.165, 1.54) is 0 Å². The summed E-state index contributed by atoms with van der Waals surface area (Å²) < 4.78 is 2.12. The molecule has 5 heteroatoms. The third-order valence-corrected chi connectivity index (χ3v) is 2.99. The van der Waals surface area contributed by atoms with Gasteiger partial charge in [-0.15, -0.1) is 0 Å². The van der Waals surface area contributed by atoms with Crippen molar-refractivity contribution in [1.82, 2.24) is 19.5 Å². The SMILES string of the molecule is CCCc1cc(NCc2cncn2CC)nc(C)n1. The molecule has 2 aromatic heterocycles. The average Bonchev–Trinajstić information content (AvgIpc) is 2.83. The largest absolute Gasteiger partial charge is 0.364 e. The number of nitrogens with zero attached hydrogens (tertiary/aromatic N) is 4. The molecule has 0 aliphatic rings. The highest BCUT2D eigenvalue weighted by Crippen LogP contribution is 2.10. The molecule has 0 spiro atoms. The fourth-order valence-electron chi connectivity index (χ4n) is 2.07. The Morgan fingerprint density at radius 2 is 2.11 bits per heavy atom. The predicted molar refractivity (Wildman–Crippen MR) is 76.0 cm³/mol. The van der Waals surface area contributed by atoms with Crippen molar-refractivity contribution >= 4 is 5.82 Å². The highest BCUT2D eigenvalue weighted by atomic mass is 15.1. The first-order chi connectivity index (χ1) is 9.22. The lowest BCUT2D eigenvalue weighted by Crippen LogP contribution is -2.08. The second-order valence-corrected chi connectivity index (χ2v) is 4.57. The maximum absolute atomic E-state index is 4.43. The van der Waals surface area contributed by atoms with Gasteiger partial charge in [-0.25, -0.2) is 15.0 Å². The highest BCUT2D eigenvalue weighted by molar-refractivity contribution is 5.36. The van der Waals surface area contributed by atoms with Crippen LogP contribution in [-0.4, -0.2) is 19.5 Å². The van der Waals surface area contributed by atoms with E-state index in [-0.39, 0.29) is 0 Å². The highest BCUT2D eigenvalue weighted by Gasteiger charge is 2.03. The summed E-state index contributed by atoms with van der Waals surface area (Å²) in [6.45, 7) is 7.86. The smallest absolute Gasteiger partial charge is 0.130 e. The van der Waals surface area contributed by atoms with Gasteiger partial charge in [-0.1, -0.05) is 13.3 Å². The van der Waals surface area contributed by atoms with Crippen molar-refractivity contribution in [2.75, 3.05) is 5.32 Å². The molecular weight excluding hydrogens is 238 g/mol. The van der Waals surface area contributed by atoms with Crippen LogP contribution in [0.15, 0.2) is 18.6 Å². The lowest BCUT2D eigenvalue weighted by atomic mass is 10.2. The lowest BCUT2D eigenvalue weighted by molar-refractivity contribution is 0.718. The minimum Gasteiger partial charge on any atom is -0.364 e. The van der Waals surface area contributed by atoms with Gasteiger partial charge in [0.15, 0.2) is 0 Å². The minimum atomic E-state index is 0.732. The predicted octanol–water partition coefficient (Wildman–Crippen LogP) is 2.57. The summed E-state index contributed by atoms with van der Waals surface area (Å²) in [4.78, 5) is 13.0. The molecule has 0 unspecified atom stereocenters. The van der Waals surface area contributed by atoms with Gasteiger partial charge in [0.1, 0.15) is 11.6 Å². The summed E-state index contributed by atoms with van der Waals surface area (Å²) in [5.74, 6) is 1.71. The Bertz CT molecular complexity index is 532. The van der Waals surface area contributed by atoms with Gasteiger partial charge in [-0.3, -0.25) is 0 Å². The standard InChI is InChI=1S/C14H21N5/c1-4-6-12-7-14(18-11(3)17-12)16-9-13-8-15-10-19(13)5-2/h7-8,10H,4-6,9H2,1-3H3,(H,16,17,18). The third kappa shape index (κ3) is 3.53. The first-order valence-corrected chi connectivity index (χ1v) is 6.80. The molecular formula is C14H21N5. The van der Waals surface area contributed by atoms with Crippen molar-refractivity contribution in [1.29, 1.82) is 0 Å². The monoisotopic (exact) mass is 259 g/mol. The quantitative estimate of drug-likeness (QED) is 0.866. The number of anilines is 1. The molecule has 1 N–H and O–H groups in total. The van der Waals surface area contributed by atoms with E-state index in [0.29, 0.717) is 0 Å². The number of aryl methyl sites for hydroxylation is 3.